The highest BCUT2D eigenvalue weighted by Gasteiger charge is 2.12. The largest absolute Gasteiger partial charge is 0.512 e. The molecule has 0 bridgehead atoms. The van der Waals surface area contributed by atoms with Gasteiger partial charge in [-0.2, -0.15) is 0 Å². The van der Waals surface area contributed by atoms with Crippen molar-refractivity contribution in [2.45, 2.75) is 0 Å². The fourth-order valence-electron chi connectivity index (χ4n) is 0.761. The van der Waals surface area contributed by atoms with E-state index < -0.39 is 12.3 Å². The molecule has 0 unspecified atom stereocenters. The monoisotopic (exact) mass is 279 g/mol. The molecule has 0 saturated heterocycles. The smallest absolute Gasteiger partial charge is 0.431 e. The Balaban J connectivity index is 3.53. The van der Waals surface area contributed by atoms with Crippen LogP contribution in [0, 0.1) is 0 Å². The van der Waals surface area contributed by atoms with Gasteiger partial charge < -0.3 is 18.9 Å². The Kier molecular flexibility index (Phi) is 7.85. The third kappa shape index (κ3) is 12.7. The highest BCUT2D eigenvalue weighted by atomic mass is 16.8. The molecule has 112 valence electrons. The molecule has 8 heteroatoms. The van der Waals surface area contributed by atoms with Crippen molar-refractivity contribution in [3.8, 4) is 0 Å². The number of hydrogen-bond acceptors (Lipinski definition) is 7. The number of nitrogens with zero attached hydrogens (tertiary/aromatic N) is 2. The fraction of sp³-hybridized carbons (Fsp3) is 0.818. The van der Waals surface area contributed by atoms with Crippen LogP contribution < -0.4 is 0 Å². The quantitative estimate of drug-likeness (QED) is 0.290. The van der Waals surface area contributed by atoms with E-state index in [2.05, 4.69) is 4.74 Å². The number of ether oxygens (including phenoxy) is 4. The lowest BCUT2D eigenvalue weighted by molar-refractivity contribution is -0.888. The topological polar surface area (TPSA) is 74.3 Å². The van der Waals surface area contributed by atoms with Crippen molar-refractivity contribution < 1.29 is 33.0 Å². The van der Waals surface area contributed by atoms with Gasteiger partial charge in [-0.3, -0.25) is 9.38 Å². The second-order valence-corrected chi connectivity index (χ2v) is 5.11. The van der Waals surface area contributed by atoms with E-state index in [-0.39, 0.29) is 26.7 Å². The first-order valence-electron chi connectivity index (χ1n) is 5.75. The van der Waals surface area contributed by atoms with Crippen molar-refractivity contribution in [1.82, 2.24) is 4.90 Å². The van der Waals surface area contributed by atoms with Gasteiger partial charge in [0.1, 0.15) is 19.9 Å². The number of carbonyl (C=O) groups excluding carboxylic acids is 2. The van der Waals surface area contributed by atoms with Crippen LogP contribution in [0.1, 0.15) is 0 Å². The van der Waals surface area contributed by atoms with Gasteiger partial charge in [0.2, 0.25) is 6.73 Å². The van der Waals surface area contributed by atoms with Crippen molar-refractivity contribution in [3.63, 3.8) is 0 Å². The van der Waals surface area contributed by atoms with Crippen LogP contribution in [0.5, 0.6) is 0 Å². The van der Waals surface area contributed by atoms with Crippen LogP contribution in [0.2, 0.25) is 0 Å². The summed E-state index contributed by atoms with van der Waals surface area (Å²) in [6.45, 7) is 0.175. The number of carbonyl (C=O) groups is 2. The molecule has 0 saturated carbocycles. The highest BCUT2D eigenvalue weighted by Crippen LogP contribution is 1.94. The Morgan fingerprint density at radius 1 is 0.895 bits per heavy atom. The second-order valence-electron chi connectivity index (χ2n) is 5.11. The SMILES string of the molecule is CN(C)COC(=O)OCCOC(=O)OC[N+](C)(C)C. The Hall–Kier alpha value is -1.54. The second kappa shape index (κ2) is 8.54. The molecule has 0 fully saturated rings. The summed E-state index contributed by atoms with van der Waals surface area (Å²) in [5.74, 6) is 0. The highest BCUT2D eigenvalue weighted by molar-refractivity contribution is 5.60. The van der Waals surface area contributed by atoms with E-state index in [1.807, 2.05) is 21.1 Å². The molecule has 0 spiro atoms. The maximum Gasteiger partial charge on any atom is 0.512 e. The van der Waals surface area contributed by atoms with Crippen LogP contribution in [-0.2, 0) is 18.9 Å². The predicted octanol–water partition coefficient (Wildman–Crippen LogP) is 0.476. The maximum absolute atomic E-state index is 11.1. The first kappa shape index (κ1) is 17.5. The molecular weight excluding hydrogens is 256 g/mol. The Morgan fingerprint density at radius 3 is 1.79 bits per heavy atom. The first-order valence-corrected chi connectivity index (χ1v) is 5.75. The molecule has 19 heavy (non-hydrogen) atoms. The Labute approximate surface area is 113 Å². The molecule has 0 atom stereocenters. The normalized spacial score (nSPS) is 11.1. The summed E-state index contributed by atoms with van der Waals surface area (Å²) < 4.78 is 19.4. The van der Waals surface area contributed by atoms with Gasteiger partial charge in [0.15, 0.2) is 0 Å². The summed E-state index contributed by atoms with van der Waals surface area (Å²) in [4.78, 5) is 23.8. The van der Waals surface area contributed by atoms with Gasteiger partial charge in [-0.15, -0.1) is 0 Å². The predicted molar refractivity (Wildman–Crippen MR) is 66.3 cm³/mol. The molecule has 0 aliphatic heterocycles. The zero-order valence-electron chi connectivity index (χ0n) is 12.2. The molecule has 0 amide bonds. The summed E-state index contributed by atoms with van der Waals surface area (Å²) in [5, 5.41) is 0. The average Bonchev–Trinajstić information content (AvgIpc) is 2.28. The third-order valence-corrected chi connectivity index (χ3v) is 1.53. The minimum Gasteiger partial charge on any atom is -0.431 e. The Bertz CT molecular complexity index is 287. The van der Waals surface area contributed by atoms with Gasteiger partial charge >= 0.3 is 12.3 Å². The van der Waals surface area contributed by atoms with E-state index >= 15 is 0 Å². The first-order chi connectivity index (χ1) is 8.70. The molecule has 8 nitrogen and oxygen atoms in total. The molecular formula is C11H23N2O6+. The molecule has 0 aliphatic rings. The van der Waals surface area contributed by atoms with E-state index in [0.717, 1.165) is 0 Å². The summed E-state index contributed by atoms with van der Waals surface area (Å²) in [5.41, 5.74) is 0. The molecule has 0 radical (unpaired) electrons. The van der Waals surface area contributed by atoms with Crippen molar-refractivity contribution in [3.05, 3.63) is 0 Å². The van der Waals surface area contributed by atoms with Gasteiger partial charge in [-0.05, 0) is 14.1 Å². The molecule has 0 aromatic heterocycles. The van der Waals surface area contributed by atoms with Gasteiger partial charge in [0.25, 0.3) is 0 Å². The Morgan fingerprint density at radius 2 is 1.37 bits per heavy atom. The van der Waals surface area contributed by atoms with Crippen LogP contribution in [0.4, 0.5) is 9.59 Å². The molecule has 0 aromatic carbocycles. The van der Waals surface area contributed by atoms with E-state index in [1.54, 1.807) is 19.0 Å². The number of quaternary nitrogens is 1. The minimum atomic E-state index is -0.808. The summed E-state index contributed by atoms with van der Waals surface area (Å²) >= 11 is 0. The number of hydrogen-bond donors (Lipinski definition) is 0. The van der Waals surface area contributed by atoms with E-state index in [0.29, 0.717) is 4.48 Å². The van der Waals surface area contributed by atoms with Gasteiger partial charge in [0.05, 0.1) is 21.1 Å². The number of rotatable bonds is 7. The summed E-state index contributed by atoms with van der Waals surface area (Å²) in [7, 11) is 9.12. The molecule has 0 rings (SSSR count). The van der Waals surface area contributed by atoms with Crippen molar-refractivity contribution in [2.24, 2.45) is 0 Å². The lowest BCUT2D eigenvalue weighted by Crippen LogP contribution is -2.37. The zero-order chi connectivity index (χ0) is 14.9. The van der Waals surface area contributed by atoms with Crippen LogP contribution in [-0.4, -0.2) is 83.6 Å². The standard InChI is InChI=1S/C11H23N2O6/c1-12(2)8-18-10(14)16-6-7-17-11(15)19-9-13(3,4)5/h6-9H2,1-5H3/q+1. The fourth-order valence-corrected chi connectivity index (χ4v) is 0.761. The summed E-state index contributed by atoms with van der Waals surface area (Å²) in [6, 6.07) is 0. The van der Waals surface area contributed by atoms with Crippen LogP contribution >= 0.6 is 0 Å². The average molecular weight is 279 g/mol. The molecule has 0 aliphatic carbocycles. The van der Waals surface area contributed by atoms with Crippen LogP contribution in [0.25, 0.3) is 0 Å². The van der Waals surface area contributed by atoms with Gasteiger partial charge in [0, 0.05) is 0 Å². The van der Waals surface area contributed by atoms with E-state index in [1.165, 1.54) is 0 Å². The minimum absolute atomic E-state index is 0.0763. The molecule has 0 heterocycles. The third-order valence-electron chi connectivity index (χ3n) is 1.53. The van der Waals surface area contributed by atoms with Crippen molar-refractivity contribution in [1.29, 1.82) is 0 Å². The molecule has 0 aromatic rings. The van der Waals surface area contributed by atoms with Gasteiger partial charge in [-0.25, -0.2) is 9.59 Å². The lowest BCUT2D eigenvalue weighted by Gasteiger charge is -2.22. The van der Waals surface area contributed by atoms with Crippen LogP contribution in [0.15, 0.2) is 0 Å². The zero-order valence-corrected chi connectivity index (χ0v) is 12.2. The molecule has 0 N–H and O–H groups in total. The van der Waals surface area contributed by atoms with E-state index in [4.69, 9.17) is 14.2 Å². The van der Waals surface area contributed by atoms with Crippen molar-refractivity contribution >= 4 is 12.3 Å². The van der Waals surface area contributed by atoms with Crippen LogP contribution in [0.3, 0.4) is 0 Å². The maximum atomic E-state index is 11.1. The van der Waals surface area contributed by atoms with Gasteiger partial charge in [-0.1, -0.05) is 0 Å². The lowest BCUT2D eigenvalue weighted by atomic mass is 10.7. The van der Waals surface area contributed by atoms with E-state index in [9.17, 15) is 9.59 Å². The summed E-state index contributed by atoms with van der Waals surface area (Å²) in [6.07, 6.45) is -1.60. The van der Waals surface area contributed by atoms with Crippen molar-refractivity contribution in [2.75, 3.05) is 61.9 Å².